The molecule has 0 bridgehead atoms. The van der Waals surface area contributed by atoms with Gasteiger partial charge in [0.15, 0.2) is 0 Å². The second kappa shape index (κ2) is 4.73. The minimum absolute atomic E-state index is 0.0573. The largest absolute Gasteiger partial charge is 0.353 e. The number of carbonyl (C=O) groups excluding carboxylic acids is 1. The minimum Gasteiger partial charge on any atom is -0.353 e. The van der Waals surface area contributed by atoms with Gasteiger partial charge in [-0.25, -0.2) is 0 Å². The Bertz CT molecular complexity index is 427. The van der Waals surface area contributed by atoms with Crippen LogP contribution in [0.3, 0.4) is 0 Å². The molecule has 3 nitrogen and oxygen atoms in total. The SMILES string of the molecule is CC(C(=O)NC1CC1(C)C)C(N)c1ccccc1. The number of benzene rings is 1. The molecule has 0 spiro atoms. The number of hydrogen-bond acceptors (Lipinski definition) is 2. The lowest BCUT2D eigenvalue weighted by molar-refractivity contribution is -0.125. The first-order valence-electron chi connectivity index (χ1n) is 6.53. The van der Waals surface area contributed by atoms with Crippen molar-refractivity contribution in [2.45, 2.75) is 39.3 Å². The summed E-state index contributed by atoms with van der Waals surface area (Å²) in [5.41, 5.74) is 7.41. The maximum absolute atomic E-state index is 12.1. The Kier molecular flexibility index (Phi) is 3.44. The minimum atomic E-state index is -0.243. The Morgan fingerprint density at radius 2 is 1.94 bits per heavy atom. The molecule has 98 valence electrons. The van der Waals surface area contributed by atoms with E-state index in [1.54, 1.807) is 0 Å². The second-order valence-electron chi connectivity index (χ2n) is 5.98. The predicted octanol–water partition coefficient (Wildman–Crippen LogP) is 2.24. The quantitative estimate of drug-likeness (QED) is 0.856. The summed E-state index contributed by atoms with van der Waals surface area (Å²) >= 11 is 0. The highest BCUT2D eigenvalue weighted by Gasteiger charge is 2.47. The predicted molar refractivity (Wildman–Crippen MR) is 72.9 cm³/mol. The van der Waals surface area contributed by atoms with Crippen LogP contribution in [0, 0.1) is 11.3 Å². The van der Waals surface area contributed by atoms with Crippen molar-refractivity contribution in [2.24, 2.45) is 17.1 Å². The number of nitrogens with one attached hydrogen (secondary N) is 1. The maximum atomic E-state index is 12.1. The third-order valence-corrected chi connectivity index (χ3v) is 3.97. The van der Waals surface area contributed by atoms with Gasteiger partial charge in [-0.15, -0.1) is 0 Å². The molecule has 3 heteroatoms. The second-order valence-corrected chi connectivity index (χ2v) is 5.98. The third kappa shape index (κ3) is 2.72. The van der Waals surface area contributed by atoms with E-state index < -0.39 is 0 Å². The summed E-state index contributed by atoms with van der Waals surface area (Å²) in [6.45, 7) is 6.22. The highest BCUT2D eigenvalue weighted by molar-refractivity contribution is 5.80. The number of carbonyl (C=O) groups is 1. The van der Waals surface area contributed by atoms with Crippen molar-refractivity contribution in [1.29, 1.82) is 0 Å². The first-order chi connectivity index (χ1) is 8.42. The lowest BCUT2D eigenvalue weighted by Crippen LogP contribution is -2.37. The van der Waals surface area contributed by atoms with Gasteiger partial charge in [-0.1, -0.05) is 51.1 Å². The van der Waals surface area contributed by atoms with Gasteiger partial charge in [-0.05, 0) is 17.4 Å². The summed E-state index contributed by atoms with van der Waals surface area (Å²) in [6.07, 6.45) is 1.06. The van der Waals surface area contributed by atoms with Gasteiger partial charge >= 0.3 is 0 Å². The molecule has 0 heterocycles. The fourth-order valence-electron chi connectivity index (χ4n) is 2.14. The lowest BCUT2D eigenvalue weighted by Gasteiger charge is -2.20. The van der Waals surface area contributed by atoms with Crippen LogP contribution in [0.15, 0.2) is 30.3 Å². The molecule has 18 heavy (non-hydrogen) atoms. The van der Waals surface area contributed by atoms with E-state index in [1.165, 1.54) is 0 Å². The molecule has 3 N–H and O–H groups in total. The normalized spacial score (nSPS) is 24.1. The van der Waals surface area contributed by atoms with Crippen molar-refractivity contribution in [3.8, 4) is 0 Å². The topological polar surface area (TPSA) is 55.1 Å². The number of hydrogen-bond donors (Lipinski definition) is 2. The van der Waals surface area contributed by atoms with Gasteiger partial charge in [0.1, 0.15) is 0 Å². The van der Waals surface area contributed by atoms with Gasteiger partial charge in [0.25, 0.3) is 0 Å². The van der Waals surface area contributed by atoms with Crippen LogP contribution in [0.4, 0.5) is 0 Å². The molecular formula is C15H22N2O. The summed E-state index contributed by atoms with van der Waals surface area (Å²) in [6, 6.07) is 9.86. The maximum Gasteiger partial charge on any atom is 0.224 e. The van der Waals surface area contributed by atoms with E-state index in [0.717, 1.165) is 12.0 Å². The molecule has 1 saturated carbocycles. The smallest absolute Gasteiger partial charge is 0.224 e. The Balaban J connectivity index is 1.95. The van der Waals surface area contributed by atoms with Crippen LogP contribution >= 0.6 is 0 Å². The van der Waals surface area contributed by atoms with Crippen LogP contribution in [-0.4, -0.2) is 11.9 Å². The molecular weight excluding hydrogens is 224 g/mol. The van der Waals surface area contributed by atoms with Crippen LogP contribution in [0.5, 0.6) is 0 Å². The molecule has 1 aromatic rings. The Morgan fingerprint density at radius 1 is 1.39 bits per heavy atom. The fraction of sp³-hybridized carbons (Fsp3) is 0.533. The van der Waals surface area contributed by atoms with E-state index in [0.29, 0.717) is 6.04 Å². The molecule has 0 aliphatic heterocycles. The van der Waals surface area contributed by atoms with E-state index in [9.17, 15) is 4.79 Å². The molecule has 1 fully saturated rings. The zero-order valence-corrected chi connectivity index (χ0v) is 11.3. The summed E-state index contributed by atoms with van der Waals surface area (Å²) in [7, 11) is 0. The summed E-state index contributed by atoms with van der Waals surface area (Å²) in [5, 5.41) is 3.08. The molecule has 2 rings (SSSR count). The van der Waals surface area contributed by atoms with Crippen molar-refractivity contribution in [3.63, 3.8) is 0 Å². The molecule has 1 aliphatic carbocycles. The summed E-state index contributed by atoms with van der Waals surface area (Å²) in [4.78, 5) is 12.1. The first kappa shape index (κ1) is 13.1. The van der Waals surface area contributed by atoms with E-state index >= 15 is 0 Å². The number of nitrogens with two attached hydrogens (primary N) is 1. The Labute approximate surface area is 109 Å². The highest BCUT2D eigenvalue weighted by atomic mass is 16.2. The zero-order valence-electron chi connectivity index (χ0n) is 11.3. The molecule has 3 unspecified atom stereocenters. The van der Waals surface area contributed by atoms with Crippen molar-refractivity contribution >= 4 is 5.91 Å². The number of rotatable bonds is 4. The van der Waals surface area contributed by atoms with Crippen LogP contribution in [0.2, 0.25) is 0 Å². The molecule has 0 radical (unpaired) electrons. The molecule has 0 aromatic heterocycles. The first-order valence-corrected chi connectivity index (χ1v) is 6.53. The average Bonchev–Trinajstić information content (AvgIpc) is 2.95. The molecule has 0 saturated heterocycles. The summed E-state index contributed by atoms with van der Waals surface area (Å²) in [5.74, 6) is -0.147. The van der Waals surface area contributed by atoms with Gasteiger partial charge in [0.2, 0.25) is 5.91 Å². The van der Waals surface area contributed by atoms with Gasteiger partial charge < -0.3 is 11.1 Å². The van der Waals surface area contributed by atoms with Gasteiger partial charge in [0.05, 0.1) is 5.92 Å². The molecule has 1 amide bonds. The average molecular weight is 246 g/mol. The van der Waals surface area contributed by atoms with Gasteiger partial charge in [-0.3, -0.25) is 4.79 Å². The summed E-state index contributed by atoms with van der Waals surface area (Å²) < 4.78 is 0. The van der Waals surface area contributed by atoms with Crippen LogP contribution in [0.25, 0.3) is 0 Å². The zero-order chi connectivity index (χ0) is 13.3. The monoisotopic (exact) mass is 246 g/mol. The van der Waals surface area contributed by atoms with Crippen molar-refractivity contribution in [2.75, 3.05) is 0 Å². The third-order valence-electron chi connectivity index (χ3n) is 3.97. The van der Waals surface area contributed by atoms with Gasteiger partial charge in [0, 0.05) is 12.1 Å². The molecule has 1 aromatic carbocycles. The van der Waals surface area contributed by atoms with Crippen molar-refractivity contribution in [1.82, 2.24) is 5.32 Å². The van der Waals surface area contributed by atoms with E-state index in [1.807, 2.05) is 37.3 Å². The van der Waals surface area contributed by atoms with E-state index in [4.69, 9.17) is 5.73 Å². The molecule has 1 aliphatic rings. The van der Waals surface area contributed by atoms with Crippen molar-refractivity contribution < 1.29 is 4.79 Å². The van der Waals surface area contributed by atoms with Crippen LogP contribution in [-0.2, 0) is 4.79 Å². The van der Waals surface area contributed by atoms with Crippen LogP contribution in [0.1, 0.15) is 38.8 Å². The van der Waals surface area contributed by atoms with Crippen LogP contribution < -0.4 is 11.1 Å². The standard InChI is InChI=1S/C15H22N2O/c1-10(13(16)11-7-5-4-6-8-11)14(18)17-12-9-15(12,2)3/h4-8,10,12-13H,9,16H2,1-3H3,(H,17,18). The van der Waals surface area contributed by atoms with Gasteiger partial charge in [-0.2, -0.15) is 0 Å². The molecule has 3 atom stereocenters. The Hall–Kier alpha value is -1.35. The van der Waals surface area contributed by atoms with E-state index in [-0.39, 0.29) is 23.3 Å². The highest BCUT2D eigenvalue weighted by Crippen LogP contribution is 2.44. The Morgan fingerprint density at radius 3 is 2.44 bits per heavy atom. The lowest BCUT2D eigenvalue weighted by atomic mass is 9.94. The fourth-order valence-corrected chi connectivity index (χ4v) is 2.14. The van der Waals surface area contributed by atoms with Crippen molar-refractivity contribution in [3.05, 3.63) is 35.9 Å². The number of amides is 1. The van der Waals surface area contributed by atoms with E-state index in [2.05, 4.69) is 19.2 Å².